The Balaban J connectivity index is 1.49. The van der Waals surface area contributed by atoms with Crippen molar-refractivity contribution in [3.63, 3.8) is 0 Å². The zero-order chi connectivity index (χ0) is 22.6. The van der Waals surface area contributed by atoms with Crippen molar-refractivity contribution in [1.29, 1.82) is 0 Å². The van der Waals surface area contributed by atoms with Crippen LogP contribution in [0.1, 0.15) is 46.8 Å². The monoisotopic (exact) mass is 435 g/mol. The van der Waals surface area contributed by atoms with E-state index < -0.39 is 23.6 Å². The van der Waals surface area contributed by atoms with Gasteiger partial charge >= 0.3 is 6.03 Å². The highest BCUT2D eigenvalue weighted by atomic mass is 16.5. The third kappa shape index (κ3) is 2.93. The molecule has 0 aromatic heterocycles. The molecule has 8 nitrogen and oxygen atoms in total. The van der Waals surface area contributed by atoms with Crippen molar-refractivity contribution in [1.82, 2.24) is 15.5 Å². The molecule has 3 aliphatic rings. The number of amides is 4. The van der Waals surface area contributed by atoms with Crippen LogP contribution in [0.25, 0.3) is 0 Å². The van der Waals surface area contributed by atoms with Gasteiger partial charge in [0.25, 0.3) is 11.8 Å². The SMILES string of the molecule is CCc1ccc2c(c1)C(C)C(C1(CN3Cc4ccc(OC)cc4C3=O)NC(=O)NC1=O)O2. The predicted molar refractivity (Wildman–Crippen MR) is 116 cm³/mol. The smallest absolute Gasteiger partial charge is 0.322 e. The number of carbonyl (C=O) groups excluding carboxylic acids is 3. The number of nitrogens with one attached hydrogen (secondary N) is 2. The number of ether oxygens (including phenoxy) is 2. The highest BCUT2D eigenvalue weighted by Gasteiger charge is 2.59. The van der Waals surface area contributed by atoms with Gasteiger partial charge in [0, 0.05) is 23.6 Å². The highest BCUT2D eigenvalue weighted by Crippen LogP contribution is 2.44. The Morgan fingerprint density at radius 3 is 2.69 bits per heavy atom. The quantitative estimate of drug-likeness (QED) is 0.703. The lowest BCUT2D eigenvalue weighted by Gasteiger charge is -2.36. The maximum absolute atomic E-state index is 13.2. The summed E-state index contributed by atoms with van der Waals surface area (Å²) in [5.41, 5.74) is 2.17. The van der Waals surface area contributed by atoms with Gasteiger partial charge in [-0.2, -0.15) is 0 Å². The van der Waals surface area contributed by atoms with Crippen LogP contribution in [-0.2, 0) is 17.8 Å². The van der Waals surface area contributed by atoms with Gasteiger partial charge in [-0.05, 0) is 35.7 Å². The second kappa shape index (κ2) is 7.25. The molecule has 0 spiro atoms. The van der Waals surface area contributed by atoms with Gasteiger partial charge in [0.05, 0.1) is 13.7 Å². The summed E-state index contributed by atoms with van der Waals surface area (Å²) in [7, 11) is 1.55. The number of carbonyl (C=O) groups is 3. The van der Waals surface area contributed by atoms with Crippen molar-refractivity contribution in [2.75, 3.05) is 13.7 Å². The van der Waals surface area contributed by atoms with Crippen LogP contribution >= 0.6 is 0 Å². The van der Waals surface area contributed by atoms with Crippen molar-refractivity contribution >= 4 is 17.8 Å². The zero-order valence-corrected chi connectivity index (χ0v) is 18.2. The molecule has 3 atom stereocenters. The average molecular weight is 435 g/mol. The highest BCUT2D eigenvalue weighted by molar-refractivity contribution is 6.08. The Morgan fingerprint density at radius 1 is 1.19 bits per heavy atom. The first-order valence-electron chi connectivity index (χ1n) is 10.8. The molecule has 0 aliphatic carbocycles. The lowest BCUT2D eigenvalue weighted by Crippen LogP contribution is -2.64. The fraction of sp³-hybridized carbons (Fsp3) is 0.375. The minimum atomic E-state index is -1.40. The molecule has 2 aromatic carbocycles. The van der Waals surface area contributed by atoms with E-state index in [1.807, 2.05) is 25.1 Å². The summed E-state index contributed by atoms with van der Waals surface area (Å²) in [4.78, 5) is 40.1. The Hall–Kier alpha value is -3.55. The van der Waals surface area contributed by atoms with E-state index in [-0.39, 0.29) is 18.4 Å². The first-order valence-corrected chi connectivity index (χ1v) is 10.8. The molecule has 4 amide bonds. The van der Waals surface area contributed by atoms with Crippen LogP contribution in [0.4, 0.5) is 4.79 Å². The second-order valence-corrected chi connectivity index (χ2v) is 8.62. The van der Waals surface area contributed by atoms with Crippen LogP contribution in [0.15, 0.2) is 36.4 Å². The molecule has 166 valence electrons. The molecule has 32 heavy (non-hydrogen) atoms. The summed E-state index contributed by atoms with van der Waals surface area (Å²) in [5, 5.41) is 5.16. The number of hydrogen-bond acceptors (Lipinski definition) is 5. The van der Waals surface area contributed by atoms with Crippen LogP contribution < -0.4 is 20.1 Å². The molecule has 0 saturated carbocycles. The summed E-state index contributed by atoms with van der Waals surface area (Å²) in [6, 6.07) is 10.8. The van der Waals surface area contributed by atoms with Gasteiger partial charge in [0.15, 0.2) is 5.54 Å². The van der Waals surface area contributed by atoms with Gasteiger partial charge in [-0.3, -0.25) is 14.9 Å². The van der Waals surface area contributed by atoms with E-state index in [1.165, 1.54) is 5.56 Å². The minimum absolute atomic E-state index is 0.00400. The van der Waals surface area contributed by atoms with E-state index in [2.05, 4.69) is 23.6 Å². The molecular formula is C24H25N3O5. The van der Waals surface area contributed by atoms with Gasteiger partial charge in [-0.25, -0.2) is 4.79 Å². The number of aryl methyl sites for hydroxylation is 1. The van der Waals surface area contributed by atoms with E-state index in [0.29, 0.717) is 23.6 Å². The third-order valence-corrected chi connectivity index (χ3v) is 6.77. The molecule has 0 bridgehead atoms. The van der Waals surface area contributed by atoms with Crippen LogP contribution in [0, 0.1) is 0 Å². The number of rotatable bonds is 5. The summed E-state index contributed by atoms with van der Waals surface area (Å²) in [6.07, 6.45) is 0.235. The molecule has 2 N–H and O–H groups in total. The van der Waals surface area contributed by atoms with Crippen LogP contribution in [0.5, 0.6) is 11.5 Å². The Labute approximate surface area is 185 Å². The van der Waals surface area contributed by atoms with E-state index >= 15 is 0 Å². The Morgan fingerprint density at radius 2 is 2.00 bits per heavy atom. The zero-order valence-electron chi connectivity index (χ0n) is 18.2. The first-order chi connectivity index (χ1) is 15.4. The number of imide groups is 1. The van der Waals surface area contributed by atoms with E-state index in [0.717, 1.165) is 17.5 Å². The molecule has 3 unspecified atom stereocenters. The molecule has 3 aliphatic heterocycles. The second-order valence-electron chi connectivity index (χ2n) is 8.62. The van der Waals surface area contributed by atoms with Crippen LogP contribution in [0.2, 0.25) is 0 Å². The minimum Gasteiger partial charge on any atom is -0.497 e. The third-order valence-electron chi connectivity index (χ3n) is 6.77. The van der Waals surface area contributed by atoms with E-state index in [1.54, 1.807) is 24.1 Å². The normalized spacial score (nSPS) is 25.8. The first kappa shape index (κ1) is 20.4. The average Bonchev–Trinajstić information content (AvgIpc) is 3.39. The summed E-state index contributed by atoms with van der Waals surface area (Å²) in [5.74, 6) is 0.456. The molecule has 1 fully saturated rings. The van der Waals surface area contributed by atoms with Crippen LogP contribution in [-0.4, -0.2) is 48.0 Å². The predicted octanol–water partition coefficient (Wildman–Crippen LogP) is 2.36. The molecule has 8 heteroatoms. The van der Waals surface area contributed by atoms with Gasteiger partial charge in [0.2, 0.25) is 0 Å². The van der Waals surface area contributed by atoms with Crippen LogP contribution in [0.3, 0.4) is 0 Å². The molecular weight excluding hydrogens is 410 g/mol. The largest absolute Gasteiger partial charge is 0.497 e. The lowest BCUT2D eigenvalue weighted by atomic mass is 9.82. The van der Waals surface area contributed by atoms with Gasteiger partial charge in [-0.1, -0.05) is 32.0 Å². The van der Waals surface area contributed by atoms with Gasteiger partial charge in [0.1, 0.15) is 17.6 Å². The Kier molecular flexibility index (Phi) is 4.62. The van der Waals surface area contributed by atoms with Gasteiger partial charge in [-0.15, -0.1) is 0 Å². The van der Waals surface area contributed by atoms with Crippen molar-refractivity contribution in [2.24, 2.45) is 0 Å². The molecule has 5 rings (SSSR count). The number of benzene rings is 2. The molecule has 3 heterocycles. The van der Waals surface area contributed by atoms with Crippen molar-refractivity contribution in [2.45, 2.75) is 44.4 Å². The summed E-state index contributed by atoms with van der Waals surface area (Å²) >= 11 is 0. The van der Waals surface area contributed by atoms with Gasteiger partial charge < -0.3 is 19.7 Å². The number of methoxy groups -OCH3 is 1. The van der Waals surface area contributed by atoms with Crippen molar-refractivity contribution in [3.8, 4) is 11.5 Å². The van der Waals surface area contributed by atoms with Crippen molar-refractivity contribution in [3.05, 3.63) is 58.7 Å². The lowest BCUT2D eigenvalue weighted by molar-refractivity contribution is -0.128. The standard InChI is InChI=1S/C24H25N3O5/c1-4-14-5-8-19-17(9-14)13(2)20(32-19)24(22(29)25-23(30)26-24)12-27-11-15-6-7-16(31-3)10-18(15)21(27)28/h5-10,13,20H,4,11-12H2,1-3H3,(H2,25,26,29,30). The van der Waals surface area contributed by atoms with Crippen molar-refractivity contribution < 1.29 is 23.9 Å². The maximum atomic E-state index is 13.2. The van der Waals surface area contributed by atoms with E-state index in [9.17, 15) is 14.4 Å². The molecule has 0 radical (unpaired) electrons. The summed E-state index contributed by atoms with van der Waals surface area (Å²) in [6.45, 7) is 4.42. The van der Waals surface area contributed by atoms with E-state index in [4.69, 9.17) is 9.47 Å². The molecule has 1 saturated heterocycles. The number of urea groups is 1. The fourth-order valence-corrected chi connectivity index (χ4v) is 5.01. The molecule has 2 aromatic rings. The number of hydrogen-bond donors (Lipinski definition) is 2. The fourth-order valence-electron chi connectivity index (χ4n) is 5.01. The summed E-state index contributed by atoms with van der Waals surface area (Å²) < 4.78 is 11.5. The maximum Gasteiger partial charge on any atom is 0.322 e. The topological polar surface area (TPSA) is 97.0 Å². The number of fused-ring (bicyclic) bond motifs is 2. The Bertz CT molecular complexity index is 1150. The number of nitrogens with zero attached hydrogens (tertiary/aromatic N) is 1.